The lowest BCUT2D eigenvalue weighted by atomic mass is 10.1. The fourth-order valence-corrected chi connectivity index (χ4v) is 5.18. The lowest BCUT2D eigenvalue weighted by Gasteiger charge is -2.30. The summed E-state index contributed by atoms with van der Waals surface area (Å²) < 4.78 is 33.4. The molecule has 0 aliphatic carbocycles. The predicted molar refractivity (Wildman–Crippen MR) is 109 cm³/mol. The molecule has 7 heteroatoms. The van der Waals surface area contributed by atoms with Gasteiger partial charge in [-0.15, -0.1) is 0 Å². The van der Waals surface area contributed by atoms with E-state index in [9.17, 15) is 8.42 Å². The minimum absolute atomic E-state index is 0.247. The average Bonchev–Trinajstić information content (AvgIpc) is 3.12. The number of ether oxygens (including phenoxy) is 1. The van der Waals surface area contributed by atoms with E-state index in [1.807, 2.05) is 0 Å². The molecule has 5 nitrogen and oxygen atoms in total. The Morgan fingerprint density at radius 1 is 1.00 bits per heavy atom. The van der Waals surface area contributed by atoms with Gasteiger partial charge in [-0.2, -0.15) is 0 Å². The van der Waals surface area contributed by atoms with Gasteiger partial charge in [-0.25, -0.2) is 12.4 Å². The predicted octanol–water partition coefficient (Wildman–Crippen LogP) is 4.53. The molecule has 2 heterocycles. The molecule has 1 aromatic heterocycles. The van der Waals surface area contributed by atoms with Crippen LogP contribution in [-0.4, -0.2) is 32.6 Å². The molecule has 0 bridgehead atoms. The van der Waals surface area contributed by atoms with E-state index in [2.05, 4.69) is 4.90 Å². The van der Waals surface area contributed by atoms with Crippen molar-refractivity contribution in [1.29, 1.82) is 0 Å². The molecule has 1 saturated heterocycles. The van der Waals surface area contributed by atoms with Crippen LogP contribution in [0.25, 0.3) is 10.9 Å². The summed E-state index contributed by atoms with van der Waals surface area (Å²) in [6.07, 6.45) is 4.97. The Morgan fingerprint density at radius 2 is 1.78 bits per heavy atom. The van der Waals surface area contributed by atoms with E-state index < -0.39 is 10.0 Å². The van der Waals surface area contributed by atoms with Crippen molar-refractivity contribution < 1.29 is 13.2 Å². The van der Waals surface area contributed by atoms with Gasteiger partial charge in [0.1, 0.15) is 5.75 Å². The lowest BCUT2D eigenvalue weighted by Crippen LogP contribution is -2.30. The summed E-state index contributed by atoms with van der Waals surface area (Å²) in [5.41, 5.74) is 1.44. The summed E-state index contributed by atoms with van der Waals surface area (Å²) in [6, 6.07) is 12.0. The average molecular weight is 405 g/mol. The highest BCUT2D eigenvalue weighted by molar-refractivity contribution is 7.90. The first-order valence-electron chi connectivity index (χ1n) is 8.96. The fraction of sp³-hybridized carbons (Fsp3) is 0.300. The van der Waals surface area contributed by atoms with Crippen molar-refractivity contribution >= 4 is 38.2 Å². The maximum Gasteiger partial charge on any atom is 0.268 e. The Bertz CT molecular complexity index is 1090. The number of methoxy groups -OCH3 is 1. The standard InChI is InChI=1S/C20H21ClN2O3S/c1-26-20-8-6-17(14-19(20)22-10-3-2-4-11-22)27(24,25)23-12-9-15-13-16(21)5-7-18(15)23/h5-9,12-14H,2-4,10-11H2,1H3. The number of rotatable bonds is 4. The molecule has 3 aromatic rings. The Labute approximate surface area is 164 Å². The van der Waals surface area contributed by atoms with Crippen LogP contribution in [0.2, 0.25) is 5.02 Å². The minimum atomic E-state index is -3.73. The van der Waals surface area contributed by atoms with E-state index >= 15 is 0 Å². The number of piperidine rings is 1. The van der Waals surface area contributed by atoms with E-state index in [4.69, 9.17) is 16.3 Å². The maximum absolute atomic E-state index is 13.3. The highest BCUT2D eigenvalue weighted by Gasteiger charge is 2.23. The summed E-state index contributed by atoms with van der Waals surface area (Å²) in [4.78, 5) is 2.45. The van der Waals surface area contributed by atoms with Crippen LogP contribution < -0.4 is 9.64 Å². The molecule has 0 saturated carbocycles. The van der Waals surface area contributed by atoms with Crippen LogP contribution in [0.3, 0.4) is 0 Å². The molecule has 0 unspecified atom stereocenters. The quantitative estimate of drug-likeness (QED) is 0.641. The van der Waals surface area contributed by atoms with Gasteiger partial charge in [0.2, 0.25) is 0 Å². The van der Waals surface area contributed by atoms with Crippen LogP contribution in [0.15, 0.2) is 53.6 Å². The first-order chi connectivity index (χ1) is 13.0. The van der Waals surface area contributed by atoms with Gasteiger partial charge >= 0.3 is 0 Å². The van der Waals surface area contributed by atoms with Crippen LogP contribution in [0.5, 0.6) is 5.75 Å². The number of nitrogens with zero attached hydrogens (tertiary/aromatic N) is 2. The normalized spacial score (nSPS) is 15.3. The van der Waals surface area contributed by atoms with Crippen molar-refractivity contribution in [2.24, 2.45) is 0 Å². The molecule has 1 aliphatic rings. The molecule has 0 amide bonds. The van der Waals surface area contributed by atoms with Gasteiger partial charge in [0.05, 0.1) is 23.2 Å². The highest BCUT2D eigenvalue weighted by Crippen LogP contribution is 2.34. The Hall–Kier alpha value is -2.18. The summed E-state index contributed by atoms with van der Waals surface area (Å²) >= 11 is 6.02. The number of fused-ring (bicyclic) bond motifs is 1. The van der Waals surface area contributed by atoms with Crippen LogP contribution in [-0.2, 0) is 10.0 Å². The number of anilines is 1. The molecular formula is C20H21ClN2O3S. The SMILES string of the molecule is COc1ccc(S(=O)(=O)n2ccc3cc(Cl)ccc32)cc1N1CCCCC1. The monoisotopic (exact) mass is 404 g/mol. The molecule has 142 valence electrons. The fourth-order valence-electron chi connectivity index (χ4n) is 3.62. The Kier molecular flexibility index (Phi) is 4.78. The zero-order valence-corrected chi connectivity index (χ0v) is 16.6. The van der Waals surface area contributed by atoms with E-state index in [1.165, 1.54) is 10.4 Å². The minimum Gasteiger partial charge on any atom is -0.495 e. The lowest BCUT2D eigenvalue weighted by molar-refractivity contribution is 0.412. The van der Waals surface area contributed by atoms with Gasteiger partial charge in [0.15, 0.2) is 0 Å². The zero-order chi connectivity index (χ0) is 19.0. The van der Waals surface area contributed by atoms with Crippen molar-refractivity contribution in [3.05, 3.63) is 53.7 Å². The second kappa shape index (κ2) is 7.09. The van der Waals surface area contributed by atoms with Crippen molar-refractivity contribution in [2.75, 3.05) is 25.1 Å². The third-order valence-corrected chi connectivity index (χ3v) is 6.94. The maximum atomic E-state index is 13.3. The van der Waals surface area contributed by atoms with Crippen LogP contribution >= 0.6 is 11.6 Å². The van der Waals surface area contributed by atoms with Crippen LogP contribution in [0, 0.1) is 0 Å². The van der Waals surface area contributed by atoms with Crippen molar-refractivity contribution in [3.63, 3.8) is 0 Å². The number of benzene rings is 2. The molecule has 0 spiro atoms. The van der Waals surface area contributed by atoms with Crippen molar-refractivity contribution in [3.8, 4) is 5.75 Å². The number of hydrogen-bond donors (Lipinski definition) is 0. The zero-order valence-electron chi connectivity index (χ0n) is 15.1. The van der Waals surface area contributed by atoms with E-state index in [0.29, 0.717) is 16.3 Å². The molecular weight excluding hydrogens is 384 g/mol. The number of hydrogen-bond acceptors (Lipinski definition) is 4. The van der Waals surface area contributed by atoms with E-state index in [-0.39, 0.29) is 4.90 Å². The van der Waals surface area contributed by atoms with Gasteiger partial charge in [-0.1, -0.05) is 11.6 Å². The molecule has 0 N–H and O–H groups in total. The topological polar surface area (TPSA) is 51.5 Å². The van der Waals surface area contributed by atoms with Gasteiger partial charge < -0.3 is 9.64 Å². The smallest absolute Gasteiger partial charge is 0.268 e. The molecule has 1 fully saturated rings. The van der Waals surface area contributed by atoms with E-state index in [1.54, 1.807) is 55.8 Å². The largest absolute Gasteiger partial charge is 0.495 e. The van der Waals surface area contributed by atoms with Gasteiger partial charge in [-0.05, 0) is 61.7 Å². The molecule has 4 rings (SSSR count). The summed E-state index contributed by atoms with van der Waals surface area (Å²) in [5.74, 6) is 0.694. The Morgan fingerprint density at radius 3 is 2.52 bits per heavy atom. The van der Waals surface area contributed by atoms with E-state index in [0.717, 1.165) is 37.0 Å². The molecule has 2 aromatic carbocycles. The molecule has 27 heavy (non-hydrogen) atoms. The van der Waals surface area contributed by atoms with Crippen LogP contribution in [0.4, 0.5) is 5.69 Å². The Balaban J connectivity index is 1.81. The van der Waals surface area contributed by atoms with Gasteiger partial charge in [0, 0.05) is 29.7 Å². The molecule has 0 radical (unpaired) electrons. The second-order valence-electron chi connectivity index (χ2n) is 6.70. The summed E-state index contributed by atoms with van der Waals surface area (Å²) in [7, 11) is -2.12. The number of aromatic nitrogens is 1. The highest BCUT2D eigenvalue weighted by atomic mass is 35.5. The molecule has 1 aliphatic heterocycles. The van der Waals surface area contributed by atoms with Crippen LogP contribution in [0.1, 0.15) is 19.3 Å². The summed E-state index contributed by atoms with van der Waals surface area (Å²) in [6.45, 7) is 1.82. The van der Waals surface area contributed by atoms with Crippen molar-refractivity contribution in [2.45, 2.75) is 24.2 Å². The third kappa shape index (κ3) is 3.28. The first-order valence-corrected chi connectivity index (χ1v) is 10.8. The van der Waals surface area contributed by atoms with Crippen molar-refractivity contribution in [1.82, 2.24) is 3.97 Å². The molecule has 0 atom stereocenters. The second-order valence-corrected chi connectivity index (χ2v) is 8.95. The third-order valence-electron chi connectivity index (χ3n) is 5.02. The summed E-state index contributed by atoms with van der Waals surface area (Å²) in [5, 5.41) is 1.37. The number of halogens is 1. The van der Waals surface area contributed by atoms with Gasteiger partial charge in [-0.3, -0.25) is 0 Å². The first kappa shape index (κ1) is 18.2. The van der Waals surface area contributed by atoms with Gasteiger partial charge in [0.25, 0.3) is 10.0 Å².